The number of fused-ring (bicyclic) bond motifs is 1. The minimum Gasteiger partial charge on any atom is -0.442 e. The Morgan fingerprint density at radius 2 is 2.03 bits per heavy atom. The molecular formula is C23H28FN7O2S. The van der Waals surface area contributed by atoms with Crippen molar-refractivity contribution >= 4 is 40.1 Å². The molecule has 4 rings (SSSR count). The molecule has 2 aromatic carbocycles. The van der Waals surface area contributed by atoms with E-state index in [0.717, 1.165) is 26.2 Å². The van der Waals surface area contributed by atoms with Gasteiger partial charge in [-0.25, -0.2) is 13.9 Å². The molecule has 1 aliphatic rings. The van der Waals surface area contributed by atoms with Crippen LogP contribution in [-0.2, 0) is 4.74 Å². The molecule has 3 aromatic rings. The number of rotatable bonds is 9. The van der Waals surface area contributed by atoms with Crippen LogP contribution in [0.1, 0.15) is 13.8 Å². The van der Waals surface area contributed by atoms with Gasteiger partial charge in [0.1, 0.15) is 17.3 Å². The molecule has 0 radical (unpaired) electrons. The maximum atomic E-state index is 15.0. The second kappa shape index (κ2) is 10.7. The van der Waals surface area contributed by atoms with Gasteiger partial charge >= 0.3 is 6.09 Å². The summed E-state index contributed by atoms with van der Waals surface area (Å²) in [6, 6.07) is 11.9. The highest BCUT2D eigenvalue weighted by molar-refractivity contribution is 7.80. The third-order valence-electron chi connectivity index (χ3n) is 5.80. The summed E-state index contributed by atoms with van der Waals surface area (Å²) in [5.74, 6) is -0.513. The third-order valence-corrected chi connectivity index (χ3v) is 6.08. The van der Waals surface area contributed by atoms with Crippen LogP contribution < -0.4 is 15.5 Å². The predicted molar refractivity (Wildman–Crippen MR) is 133 cm³/mol. The van der Waals surface area contributed by atoms with Crippen molar-refractivity contribution in [3.8, 4) is 5.69 Å². The van der Waals surface area contributed by atoms with E-state index in [-0.39, 0.29) is 5.69 Å². The molecule has 1 atom stereocenters. The quantitative estimate of drug-likeness (QED) is 0.448. The van der Waals surface area contributed by atoms with Crippen LogP contribution in [0, 0.1) is 5.82 Å². The molecule has 11 heteroatoms. The Hall–Kier alpha value is -3.31. The van der Waals surface area contributed by atoms with Gasteiger partial charge in [0.2, 0.25) is 0 Å². The highest BCUT2D eigenvalue weighted by Crippen LogP contribution is 2.26. The molecule has 180 valence electrons. The Labute approximate surface area is 202 Å². The van der Waals surface area contributed by atoms with Crippen molar-refractivity contribution in [2.75, 3.05) is 44.2 Å². The van der Waals surface area contributed by atoms with Crippen LogP contribution in [0.15, 0.2) is 42.5 Å². The fourth-order valence-corrected chi connectivity index (χ4v) is 4.04. The monoisotopic (exact) mass is 485 g/mol. The molecular weight excluding hydrogens is 457 g/mol. The summed E-state index contributed by atoms with van der Waals surface area (Å²) in [5.41, 5.74) is 2.04. The van der Waals surface area contributed by atoms with E-state index in [1.165, 1.54) is 15.6 Å². The van der Waals surface area contributed by atoms with Crippen LogP contribution in [0.2, 0.25) is 0 Å². The molecule has 0 aliphatic carbocycles. The number of halogens is 1. The minimum atomic E-state index is -0.523. The first kappa shape index (κ1) is 23.8. The number of hydrogen-bond donors (Lipinski definition) is 2. The SMILES string of the molecule is CCN(CC)CCNC(=S)NC[C@H]1CN(c2ccc(-n3nnc4ccccc43)c(F)c2)C(=O)O1. The van der Waals surface area contributed by atoms with Crippen molar-refractivity contribution in [3.63, 3.8) is 0 Å². The molecule has 1 fully saturated rings. The van der Waals surface area contributed by atoms with Crippen LogP contribution in [0.25, 0.3) is 16.7 Å². The summed E-state index contributed by atoms with van der Waals surface area (Å²) in [4.78, 5) is 16.1. The molecule has 1 amide bonds. The topological polar surface area (TPSA) is 87.5 Å². The number of benzene rings is 2. The number of nitrogens with zero attached hydrogens (tertiary/aromatic N) is 5. The van der Waals surface area contributed by atoms with Crippen molar-refractivity contribution in [2.24, 2.45) is 0 Å². The number of amides is 1. The number of thiocarbonyl (C=S) groups is 1. The van der Waals surface area contributed by atoms with Gasteiger partial charge in [0.05, 0.1) is 24.3 Å². The molecule has 0 bridgehead atoms. The summed E-state index contributed by atoms with van der Waals surface area (Å²) in [6.45, 7) is 8.51. The van der Waals surface area contributed by atoms with Gasteiger partial charge in [-0.2, -0.15) is 0 Å². The van der Waals surface area contributed by atoms with Crippen molar-refractivity contribution < 1.29 is 13.9 Å². The lowest BCUT2D eigenvalue weighted by Gasteiger charge is -2.19. The summed E-state index contributed by atoms with van der Waals surface area (Å²) in [6.07, 6.45) is -0.928. The molecule has 9 nitrogen and oxygen atoms in total. The highest BCUT2D eigenvalue weighted by atomic mass is 32.1. The zero-order valence-electron chi connectivity index (χ0n) is 19.2. The Bertz CT molecular complexity index is 1170. The van der Waals surface area contributed by atoms with Crippen LogP contribution in [-0.4, -0.2) is 76.5 Å². The molecule has 2 heterocycles. The first-order valence-electron chi connectivity index (χ1n) is 11.3. The zero-order chi connectivity index (χ0) is 24.1. The Morgan fingerprint density at radius 3 is 2.79 bits per heavy atom. The lowest BCUT2D eigenvalue weighted by Crippen LogP contribution is -2.43. The number of anilines is 1. The van der Waals surface area contributed by atoms with E-state index in [0.29, 0.717) is 34.9 Å². The lowest BCUT2D eigenvalue weighted by atomic mass is 10.2. The average Bonchev–Trinajstić information content (AvgIpc) is 3.44. The van der Waals surface area contributed by atoms with Gasteiger partial charge < -0.3 is 20.3 Å². The lowest BCUT2D eigenvalue weighted by molar-refractivity contribution is 0.143. The highest BCUT2D eigenvalue weighted by Gasteiger charge is 2.32. The summed E-state index contributed by atoms with van der Waals surface area (Å²) < 4.78 is 21.9. The Kier molecular flexibility index (Phi) is 7.53. The normalized spacial score (nSPS) is 15.7. The molecule has 1 aromatic heterocycles. The minimum absolute atomic E-state index is 0.254. The first-order chi connectivity index (χ1) is 16.5. The van der Waals surface area contributed by atoms with Gasteiger partial charge in [-0.15, -0.1) is 5.10 Å². The summed E-state index contributed by atoms with van der Waals surface area (Å²) in [7, 11) is 0. The molecule has 0 saturated carbocycles. The standard InChI is InChI=1S/C23H28FN7O2S/c1-3-29(4-2)12-11-25-22(34)26-14-17-15-30(23(32)33-17)16-9-10-20(18(24)13-16)31-21-8-6-5-7-19(21)27-28-31/h5-10,13,17H,3-4,11-12,14-15H2,1-2H3,(H2,25,26,34)/t17-/m0/s1. The number of carbonyl (C=O) groups excluding carboxylic acids is 1. The number of cyclic esters (lactones) is 1. The van der Waals surface area contributed by atoms with Crippen LogP contribution >= 0.6 is 12.2 Å². The van der Waals surface area contributed by atoms with Crippen LogP contribution in [0.4, 0.5) is 14.9 Å². The van der Waals surface area contributed by atoms with E-state index in [1.807, 2.05) is 24.3 Å². The molecule has 1 saturated heterocycles. The Balaban J connectivity index is 1.34. The second-order valence-corrected chi connectivity index (χ2v) is 8.31. The van der Waals surface area contributed by atoms with Gasteiger partial charge in [-0.05, 0) is 55.6 Å². The number of carbonyl (C=O) groups is 1. The smallest absolute Gasteiger partial charge is 0.414 e. The number of para-hydroxylation sites is 1. The second-order valence-electron chi connectivity index (χ2n) is 7.91. The largest absolute Gasteiger partial charge is 0.442 e. The van der Waals surface area contributed by atoms with Gasteiger partial charge in [-0.3, -0.25) is 4.90 Å². The van der Waals surface area contributed by atoms with Crippen molar-refractivity contribution in [3.05, 3.63) is 48.3 Å². The van der Waals surface area contributed by atoms with Gasteiger partial charge in [0.15, 0.2) is 10.9 Å². The number of likely N-dealkylation sites (N-methyl/N-ethyl adjacent to an activating group) is 1. The maximum absolute atomic E-state index is 15.0. The first-order valence-corrected chi connectivity index (χ1v) is 11.7. The van der Waals surface area contributed by atoms with E-state index in [2.05, 4.69) is 39.7 Å². The summed E-state index contributed by atoms with van der Waals surface area (Å²) >= 11 is 5.31. The molecule has 2 N–H and O–H groups in total. The zero-order valence-corrected chi connectivity index (χ0v) is 20.0. The average molecular weight is 486 g/mol. The summed E-state index contributed by atoms with van der Waals surface area (Å²) in [5, 5.41) is 14.9. The molecule has 34 heavy (non-hydrogen) atoms. The van der Waals surface area contributed by atoms with Gasteiger partial charge in [0.25, 0.3) is 0 Å². The molecule has 1 aliphatic heterocycles. The number of hydrogen-bond acceptors (Lipinski definition) is 6. The number of aromatic nitrogens is 3. The van der Waals surface area contributed by atoms with Crippen molar-refractivity contribution in [1.82, 2.24) is 30.5 Å². The molecule has 0 spiro atoms. The Morgan fingerprint density at radius 1 is 1.24 bits per heavy atom. The fraction of sp³-hybridized carbons (Fsp3) is 0.391. The third kappa shape index (κ3) is 5.26. The fourth-order valence-electron chi connectivity index (χ4n) is 3.86. The van der Waals surface area contributed by atoms with Gasteiger partial charge in [-0.1, -0.05) is 31.2 Å². The van der Waals surface area contributed by atoms with Gasteiger partial charge in [0, 0.05) is 13.1 Å². The van der Waals surface area contributed by atoms with Crippen molar-refractivity contribution in [2.45, 2.75) is 20.0 Å². The van der Waals surface area contributed by atoms with E-state index in [4.69, 9.17) is 17.0 Å². The van der Waals surface area contributed by atoms with E-state index in [9.17, 15) is 9.18 Å². The predicted octanol–water partition coefficient (Wildman–Crippen LogP) is 2.69. The van der Waals surface area contributed by atoms with E-state index < -0.39 is 18.0 Å². The number of ether oxygens (including phenoxy) is 1. The maximum Gasteiger partial charge on any atom is 0.414 e. The van der Waals surface area contributed by atoms with Crippen LogP contribution in [0.5, 0.6) is 0 Å². The molecule has 0 unspecified atom stereocenters. The van der Waals surface area contributed by atoms with Crippen molar-refractivity contribution in [1.29, 1.82) is 0 Å². The number of nitrogens with one attached hydrogen (secondary N) is 2. The van der Waals surface area contributed by atoms with E-state index >= 15 is 0 Å². The van der Waals surface area contributed by atoms with Crippen LogP contribution in [0.3, 0.4) is 0 Å². The van der Waals surface area contributed by atoms with E-state index in [1.54, 1.807) is 12.1 Å².